The number of nitrogens with zero attached hydrogens (tertiary/aromatic N) is 2. The van der Waals surface area contributed by atoms with E-state index in [0.29, 0.717) is 5.02 Å². The van der Waals surface area contributed by atoms with Crippen LogP contribution >= 0.6 is 11.6 Å². The number of hydrogen-bond acceptors (Lipinski definition) is 2. The smallest absolute Gasteiger partial charge is 0.123 e. The summed E-state index contributed by atoms with van der Waals surface area (Å²) < 4.78 is 13.3. The molecule has 0 fully saturated rings. The predicted octanol–water partition coefficient (Wildman–Crippen LogP) is 5.83. The molecule has 0 radical (unpaired) electrons. The van der Waals surface area contributed by atoms with E-state index in [1.165, 1.54) is 12.1 Å². The van der Waals surface area contributed by atoms with Crippen molar-refractivity contribution in [2.24, 2.45) is 5.10 Å². The maximum Gasteiger partial charge on any atom is 0.123 e. The summed E-state index contributed by atoms with van der Waals surface area (Å²) in [6.45, 7) is 0. The van der Waals surface area contributed by atoms with Gasteiger partial charge in [0.05, 0.1) is 17.4 Å². The van der Waals surface area contributed by atoms with E-state index in [2.05, 4.69) is 12.1 Å². The number of hydrazone groups is 1. The van der Waals surface area contributed by atoms with Gasteiger partial charge in [-0.2, -0.15) is 5.10 Å². The van der Waals surface area contributed by atoms with E-state index in [4.69, 9.17) is 16.7 Å². The first-order valence-corrected chi connectivity index (χ1v) is 8.52. The molecular weight excluding hydrogens is 335 g/mol. The lowest BCUT2D eigenvalue weighted by Gasteiger charge is -2.24. The topological polar surface area (TPSA) is 15.6 Å². The lowest BCUT2D eigenvalue weighted by atomic mass is 9.98. The first kappa shape index (κ1) is 15.9. The standard InChI is InChI=1S/C21H16ClFN2/c22-17-8-12-19(13-9-17)25-21(16-6-10-18(23)11-7-16)14-20(24-25)15-4-2-1-3-5-15/h1-13,21H,14H2/t21-/m0/s1. The van der Waals surface area contributed by atoms with Gasteiger partial charge in [-0.05, 0) is 47.5 Å². The van der Waals surface area contributed by atoms with Crippen LogP contribution in [0.2, 0.25) is 5.02 Å². The fourth-order valence-corrected chi connectivity index (χ4v) is 3.22. The third-order valence-corrected chi connectivity index (χ3v) is 4.62. The highest BCUT2D eigenvalue weighted by molar-refractivity contribution is 6.30. The third-order valence-electron chi connectivity index (χ3n) is 4.36. The first-order chi connectivity index (χ1) is 12.2. The normalized spacial score (nSPS) is 16.8. The van der Waals surface area contributed by atoms with Crippen LogP contribution in [0.5, 0.6) is 0 Å². The molecule has 1 aliphatic rings. The molecule has 0 N–H and O–H groups in total. The van der Waals surface area contributed by atoms with Crippen LogP contribution in [0.25, 0.3) is 0 Å². The van der Waals surface area contributed by atoms with Gasteiger partial charge in [0.1, 0.15) is 5.82 Å². The molecule has 0 bridgehead atoms. The highest BCUT2D eigenvalue weighted by atomic mass is 35.5. The summed E-state index contributed by atoms with van der Waals surface area (Å²) in [5, 5.41) is 7.53. The molecule has 0 saturated heterocycles. The largest absolute Gasteiger partial charge is 0.257 e. The Morgan fingerprint density at radius 1 is 0.880 bits per heavy atom. The molecule has 0 spiro atoms. The Balaban J connectivity index is 1.74. The van der Waals surface area contributed by atoms with Crippen molar-refractivity contribution in [1.82, 2.24) is 0 Å². The van der Waals surface area contributed by atoms with E-state index < -0.39 is 0 Å². The molecule has 0 unspecified atom stereocenters. The van der Waals surface area contributed by atoms with Crippen LogP contribution in [0.4, 0.5) is 10.1 Å². The fourth-order valence-electron chi connectivity index (χ4n) is 3.09. The molecule has 0 aliphatic carbocycles. The van der Waals surface area contributed by atoms with Gasteiger partial charge in [-0.15, -0.1) is 0 Å². The minimum absolute atomic E-state index is 0.0250. The molecule has 0 amide bonds. The number of anilines is 1. The fraction of sp³-hybridized carbons (Fsp3) is 0.0952. The van der Waals surface area contributed by atoms with Crippen molar-refractivity contribution in [2.75, 3.05) is 5.01 Å². The molecule has 0 saturated carbocycles. The Morgan fingerprint density at radius 3 is 2.24 bits per heavy atom. The van der Waals surface area contributed by atoms with Gasteiger partial charge in [-0.1, -0.05) is 54.1 Å². The second kappa shape index (κ2) is 6.69. The molecule has 1 atom stereocenters. The SMILES string of the molecule is Fc1ccc([C@@H]2CC(c3ccccc3)=NN2c2ccc(Cl)cc2)cc1. The summed E-state index contributed by atoms with van der Waals surface area (Å²) in [5.41, 5.74) is 4.12. The van der Waals surface area contributed by atoms with Crippen LogP contribution < -0.4 is 5.01 Å². The minimum atomic E-state index is -0.232. The van der Waals surface area contributed by atoms with Crippen molar-refractivity contribution in [2.45, 2.75) is 12.5 Å². The van der Waals surface area contributed by atoms with Crippen LogP contribution in [0, 0.1) is 5.82 Å². The van der Waals surface area contributed by atoms with E-state index in [1.807, 2.05) is 59.6 Å². The van der Waals surface area contributed by atoms with E-state index in [9.17, 15) is 4.39 Å². The molecule has 25 heavy (non-hydrogen) atoms. The monoisotopic (exact) mass is 350 g/mol. The molecule has 124 valence electrons. The molecule has 1 aliphatic heterocycles. The van der Waals surface area contributed by atoms with Gasteiger partial charge in [0.2, 0.25) is 0 Å². The summed E-state index contributed by atoms with van der Waals surface area (Å²) in [5.74, 6) is -0.232. The zero-order chi connectivity index (χ0) is 17.2. The third kappa shape index (κ3) is 3.28. The average molecular weight is 351 g/mol. The van der Waals surface area contributed by atoms with E-state index >= 15 is 0 Å². The summed E-state index contributed by atoms with van der Waals surface area (Å²) in [7, 11) is 0. The second-order valence-electron chi connectivity index (χ2n) is 6.01. The van der Waals surface area contributed by atoms with Crippen LogP contribution in [0.1, 0.15) is 23.6 Å². The lowest BCUT2D eigenvalue weighted by molar-refractivity contribution is 0.624. The number of halogens is 2. The Kier molecular flexibility index (Phi) is 4.24. The Morgan fingerprint density at radius 2 is 1.56 bits per heavy atom. The van der Waals surface area contributed by atoms with Crippen molar-refractivity contribution in [3.8, 4) is 0 Å². The van der Waals surface area contributed by atoms with Crippen LogP contribution in [-0.2, 0) is 0 Å². The van der Waals surface area contributed by atoms with Gasteiger partial charge in [0.25, 0.3) is 0 Å². The van der Waals surface area contributed by atoms with Crippen LogP contribution in [-0.4, -0.2) is 5.71 Å². The molecule has 2 nitrogen and oxygen atoms in total. The maximum atomic E-state index is 13.3. The van der Waals surface area contributed by atoms with Gasteiger partial charge in [-0.25, -0.2) is 4.39 Å². The summed E-state index contributed by atoms with van der Waals surface area (Å²) in [4.78, 5) is 0. The van der Waals surface area contributed by atoms with Crippen molar-refractivity contribution in [1.29, 1.82) is 0 Å². The Hall–Kier alpha value is -2.65. The van der Waals surface area contributed by atoms with Crippen molar-refractivity contribution in [3.63, 3.8) is 0 Å². The van der Waals surface area contributed by atoms with E-state index in [-0.39, 0.29) is 11.9 Å². The van der Waals surface area contributed by atoms with Gasteiger partial charge < -0.3 is 0 Å². The average Bonchev–Trinajstić information content (AvgIpc) is 3.09. The molecule has 4 heteroatoms. The molecule has 0 aromatic heterocycles. The number of benzene rings is 3. The number of hydrogen-bond donors (Lipinski definition) is 0. The van der Waals surface area contributed by atoms with Gasteiger partial charge in [0.15, 0.2) is 0 Å². The molecular formula is C21H16ClFN2. The second-order valence-corrected chi connectivity index (χ2v) is 6.44. The highest BCUT2D eigenvalue weighted by Crippen LogP contribution is 2.37. The number of rotatable bonds is 3. The van der Waals surface area contributed by atoms with Gasteiger partial charge in [0, 0.05) is 11.4 Å². The Bertz CT molecular complexity index is 889. The molecule has 4 rings (SSSR count). The van der Waals surface area contributed by atoms with Crippen LogP contribution in [0.15, 0.2) is 84.0 Å². The quantitative estimate of drug-likeness (QED) is 0.579. The zero-order valence-corrected chi connectivity index (χ0v) is 14.2. The van der Waals surface area contributed by atoms with Crippen molar-refractivity contribution >= 4 is 23.0 Å². The maximum absolute atomic E-state index is 13.3. The lowest BCUT2D eigenvalue weighted by Crippen LogP contribution is -2.18. The summed E-state index contributed by atoms with van der Waals surface area (Å²) in [6, 6.07) is 24.4. The molecule has 3 aromatic rings. The molecule has 1 heterocycles. The van der Waals surface area contributed by atoms with Crippen molar-refractivity contribution in [3.05, 3.63) is 101 Å². The van der Waals surface area contributed by atoms with Gasteiger partial charge in [-0.3, -0.25) is 5.01 Å². The Labute approximate surface area is 151 Å². The zero-order valence-electron chi connectivity index (χ0n) is 13.4. The highest BCUT2D eigenvalue weighted by Gasteiger charge is 2.29. The van der Waals surface area contributed by atoms with E-state index in [1.54, 1.807) is 0 Å². The van der Waals surface area contributed by atoms with E-state index in [0.717, 1.165) is 28.9 Å². The van der Waals surface area contributed by atoms with Crippen molar-refractivity contribution < 1.29 is 4.39 Å². The predicted molar refractivity (Wildman–Crippen MR) is 101 cm³/mol. The summed E-state index contributed by atoms with van der Waals surface area (Å²) >= 11 is 6.02. The van der Waals surface area contributed by atoms with Crippen LogP contribution in [0.3, 0.4) is 0 Å². The van der Waals surface area contributed by atoms with Gasteiger partial charge >= 0.3 is 0 Å². The minimum Gasteiger partial charge on any atom is -0.257 e. The summed E-state index contributed by atoms with van der Waals surface area (Å²) in [6.07, 6.45) is 0.762. The molecule has 3 aromatic carbocycles. The first-order valence-electron chi connectivity index (χ1n) is 8.14.